The largest absolute Gasteiger partial charge is 0.323 e. The molecule has 0 aliphatic heterocycles. The number of anilines is 1. The molecule has 1 aliphatic rings. The Bertz CT molecular complexity index is 622. The number of hydrogen-bond donors (Lipinski definition) is 2. The minimum absolute atomic E-state index is 1.02. The van der Waals surface area contributed by atoms with Gasteiger partial charge >= 0.3 is 0 Å². The van der Waals surface area contributed by atoms with Crippen LogP contribution in [0.4, 0.5) is 5.69 Å². The highest BCUT2D eigenvalue weighted by Gasteiger charge is 2.19. The van der Waals surface area contributed by atoms with Crippen molar-refractivity contribution in [2.75, 3.05) is 5.43 Å². The van der Waals surface area contributed by atoms with E-state index in [1.807, 2.05) is 0 Å². The summed E-state index contributed by atoms with van der Waals surface area (Å²) in [6, 6.07) is 4.21. The third kappa shape index (κ3) is 1.71. The average molecular weight is 306 g/mol. The van der Waals surface area contributed by atoms with Crippen LogP contribution in [0.3, 0.4) is 0 Å². The van der Waals surface area contributed by atoms with E-state index in [4.69, 9.17) is 10.8 Å². The number of hydrogen-bond acceptors (Lipinski definition) is 3. The Balaban J connectivity index is 2.40. The Labute approximate surface area is 115 Å². The second-order valence-electron chi connectivity index (χ2n) is 4.86. The van der Waals surface area contributed by atoms with Gasteiger partial charge in [0, 0.05) is 15.6 Å². The number of benzene rings is 1. The molecule has 0 saturated carbocycles. The fourth-order valence-corrected chi connectivity index (χ4v) is 3.16. The molecule has 0 fully saturated rings. The van der Waals surface area contributed by atoms with Crippen LogP contribution in [0.1, 0.15) is 29.7 Å². The summed E-state index contributed by atoms with van der Waals surface area (Å²) in [6.45, 7) is 2.08. The number of aromatic nitrogens is 1. The highest BCUT2D eigenvalue weighted by atomic mass is 79.9. The normalized spacial score (nSPS) is 14.6. The van der Waals surface area contributed by atoms with Crippen molar-refractivity contribution in [2.45, 2.75) is 32.6 Å². The van der Waals surface area contributed by atoms with Gasteiger partial charge in [0.2, 0.25) is 0 Å². The van der Waals surface area contributed by atoms with Gasteiger partial charge in [-0.1, -0.05) is 12.1 Å². The molecule has 0 amide bonds. The molecule has 1 heterocycles. The van der Waals surface area contributed by atoms with E-state index in [0.29, 0.717) is 0 Å². The number of nitrogen functional groups attached to an aromatic ring is 1. The number of aryl methyl sites for hydroxylation is 2. The fourth-order valence-electron chi connectivity index (χ4n) is 2.72. The predicted octanol–water partition coefficient (Wildman–Crippen LogP) is 3.47. The second-order valence-corrected chi connectivity index (χ2v) is 5.65. The van der Waals surface area contributed by atoms with Crippen LogP contribution in [0.5, 0.6) is 0 Å². The van der Waals surface area contributed by atoms with Crippen molar-refractivity contribution in [3.63, 3.8) is 0 Å². The van der Waals surface area contributed by atoms with Crippen LogP contribution in [-0.2, 0) is 12.8 Å². The molecule has 2 aromatic rings. The molecule has 0 spiro atoms. The summed E-state index contributed by atoms with van der Waals surface area (Å²) in [5, 5.41) is 1.11. The zero-order valence-electron chi connectivity index (χ0n) is 10.4. The summed E-state index contributed by atoms with van der Waals surface area (Å²) in [4.78, 5) is 4.84. The van der Waals surface area contributed by atoms with E-state index < -0.39 is 0 Å². The van der Waals surface area contributed by atoms with Gasteiger partial charge in [0.05, 0.1) is 11.2 Å². The first-order valence-electron chi connectivity index (χ1n) is 6.29. The van der Waals surface area contributed by atoms with E-state index >= 15 is 0 Å². The molecule has 18 heavy (non-hydrogen) atoms. The average Bonchev–Trinajstić information content (AvgIpc) is 2.41. The maximum absolute atomic E-state index is 5.74. The molecule has 0 bridgehead atoms. The van der Waals surface area contributed by atoms with Crippen LogP contribution in [0.25, 0.3) is 10.9 Å². The summed E-state index contributed by atoms with van der Waals surface area (Å²) in [6.07, 6.45) is 4.57. The minimum atomic E-state index is 1.02. The SMILES string of the molecule is Cc1ccc2c(NN)c3c(nc2c1Br)CCCC3. The molecule has 1 aliphatic carbocycles. The Kier molecular flexibility index (Phi) is 2.99. The van der Waals surface area contributed by atoms with Gasteiger partial charge in [0.1, 0.15) is 0 Å². The first kappa shape index (κ1) is 11.9. The van der Waals surface area contributed by atoms with E-state index in [1.165, 1.54) is 29.7 Å². The van der Waals surface area contributed by atoms with Crippen molar-refractivity contribution in [3.8, 4) is 0 Å². The first-order chi connectivity index (χ1) is 8.72. The number of halogens is 1. The Morgan fingerprint density at radius 2 is 2.06 bits per heavy atom. The molecule has 4 heteroatoms. The smallest absolute Gasteiger partial charge is 0.0871 e. The van der Waals surface area contributed by atoms with Gasteiger partial charge in [-0.05, 0) is 59.7 Å². The van der Waals surface area contributed by atoms with Gasteiger partial charge in [-0.2, -0.15) is 0 Å². The van der Waals surface area contributed by atoms with Gasteiger partial charge in [0.25, 0.3) is 0 Å². The van der Waals surface area contributed by atoms with Crippen LogP contribution in [0.15, 0.2) is 16.6 Å². The fraction of sp³-hybridized carbons (Fsp3) is 0.357. The highest BCUT2D eigenvalue weighted by Crippen LogP contribution is 2.36. The van der Waals surface area contributed by atoms with Crippen LogP contribution in [0, 0.1) is 6.92 Å². The topological polar surface area (TPSA) is 50.9 Å². The minimum Gasteiger partial charge on any atom is -0.323 e. The molecule has 3 N–H and O–H groups in total. The lowest BCUT2D eigenvalue weighted by Gasteiger charge is -2.21. The summed E-state index contributed by atoms with van der Waals surface area (Å²) < 4.78 is 1.07. The molecular formula is C14H16BrN3. The van der Waals surface area contributed by atoms with Gasteiger partial charge < -0.3 is 5.43 Å². The van der Waals surface area contributed by atoms with Crippen LogP contribution >= 0.6 is 15.9 Å². The summed E-state index contributed by atoms with van der Waals surface area (Å²) >= 11 is 3.64. The van der Waals surface area contributed by atoms with E-state index in [-0.39, 0.29) is 0 Å². The third-order valence-corrected chi connectivity index (χ3v) is 4.71. The standard InChI is InChI=1S/C14H16BrN3/c1-8-6-7-10-13(18-16)9-4-2-3-5-11(9)17-14(10)12(8)15/h6-7H,2-5,16H2,1H3,(H,17,18). The number of fused-ring (bicyclic) bond motifs is 2. The Morgan fingerprint density at radius 1 is 1.28 bits per heavy atom. The van der Waals surface area contributed by atoms with Crippen molar-refractivity contribution >= 4 is 32.5 Å². The summed E-state index contributed by atoms with van der Waals surface area (Å²) in [7, 11) is 0. The van der Waals surface area contributed by atoms with Crippen LogP contribution in [0.2, 0.25) is 0 Å². The van der Waals surface area contributed by atoms with Gasteiger partial charge in [-0.3, -0.25) is 10.8 Å². The van der Waals surface area contributed by atoms with Crippen molar-refractivity contribution in [2.24, 2.45) is 5.84 Å². The quantitative estimate of drug-likeness (QED) is 0.626. The lowest BCUT2D eigenvalue weighted by molar-refractivity contribution is 0.672. The molecule has 94 valence electrons. The molecule has 1 aromatic heterocycles. The van der Waals surface area contributed by atoms with E-state index in [0.717, 1.165) is 33.9 Å². The molecule has 0 saturated heterocycles. The predicted molar refractivity (Wildman–Crippen MR) is 78.6 cm³/mol. The van der Waals surface area contributed by atoms with Crippen LogP contribution < -0.4 is 11.3 Å². The number of pyridine rings is 1. The Morgan fingerprint density at radius 3 is 2.83 bits per heavy atom. The summed E-state index contributed by atoms with van der Waals surface area (Å²) in [5.74, 6) is 5.74. The number of hydrazine groups is 1. The number of nitrogens with one attached hydrogen (secondary N) is 1. The lowest BCUT2D eigenvalue weighted by Crippen LogP contribution is -2.15. The van der Waals surface area contributed by atoms with E-state index in [2.05, 4.69) is 40.4 Å². The highest BCUT2D eigenvalue weighted by molar-refractivity contribution is 9.10. The van der Waals surface area contributed by atoms with Crippen molar-refractivity contribution < 1.29 is 0 Å². The lowest BCUT2D eigenvalue weighted by atomic mass is 9.92. The molecule has 0 atom stereocenters. The number of nitrogens with zero attached hydrogens (tertiary/aromatic N) is 1. The zero-order valence-corrected chi connectivity index (χ0v) is 12.0. The maximum atomic E-state index is 5.74. The molecule has 1 aromatic carbocycles. The Hall–Kier alpha value is -1.13. The number of nitrogens with two attached hydrogens (primary N) is 1. The van der Waals surface area contributed by atoms with Gasteiger partial charge in [-0.25, -0.2) is 0 Å². The second kappa shape index (κ2) is 4.52. The maximum Gasteiger partial charge on any atom is 0.0871 e. The number of rotatable bonds is 1. The van der Waals surface area contributed by atoms with E-state index in [1.54, 1.807) is 0 Å². The third-order valence-electron chi connectivity index (χ3n) is 3.71. The molecular weight excluding hydrogens is 290 g/mol. The zero-order chi connectivity index (χ0) is 12.7. The molecule has 3 rings (SSSR count). The van der Waals surface area contributed by atoms with Crippen LogP contribution in [-0.4, -0.2) is 4.98 Å². The van der Waals surface area contributed by atoms with Gasteiger partial charge in [-0.15, -0.1) is 0 Å². The first-order valence-corrected chi connectivity index (χ1v) is 7.09. The monoisotopic (exact) mass is 305 g/mol. The van der Waals surface area contributed by atoms with Crippen molar-refractivity contribution in [1.82, 2.24) is 4.98 Å². The van der Waals surface area contributed by atoms with Crippen molar-refractivity contribution in [3.05, 3.63) is 33.4 Å². The van der Waals surface area contributed by atoms with E-state index in [9.17, 15) is 0 Å². The molecule has 0 radical (unpaired) electrons. The van der Waals surface area contributed by atoms with Crippen molar-refractivity contribution in [1.29, 1.82) is 0 Å². The molecule has 0 unspecified atom stereocenters. The van der Waals surface area contributed by atoms with Gasteiger partial charge in [0.15, 0.2) is 0 Å². The molecule has 3 nitrogen and oxygen atoms in total. The summed E-state index contributed by atoms with van der Waals surface area (Å²) in [5.41, 5.74) is 8.66.